The molecule has 27 heavy (non-hydrogen) atoms. The number of carbonyl (C=O) groups is 2. The van der Waals surface area contributed by atoms with Gasteiger partial charge in [0.15, 0.2) is 0 Å². The third kappa shape index (κ3) is 4.20. The van der Waals surface area contributed by atoms with Gasteiger partial charge in [0.25, 0.3) is 11.8 Å². The zero-order valence-electron chi connectivity index (χ0n) is 14.5. The number of nitrogens with one attached hydrogen (secondary N) is 2. The predicted octanol–water partition coefficient (Wildman–Crippen LogP) is 3.53. The minimum Gasteiger partial charge on any atom is -0.336 e. The van der Waals surface area contributed by atoms with Gasteiger partial charge in [-0.2, -0.15) is 0 Å². The Morgan fingerprint density at radius 1 is 0.963 bits per heavy atom. The Bertz CT molecular complexity index is 939. The Labute approximate surface area is 160 Å². The minimum atomic E-state index is -0.827. The van der Waals surface area contributed by atoms with Gasteiger partial charge in [-0.15, -0.1) is 10.2 Å². The average Bonchev–Trinajstić information content (AvgIpc) is 3.46. The molecule has 1 aliphatic carbocycles. The van der Waals surface area contributed by atoms with E-state index in [-0.39, 0.29) is 11.8 Å². The SMILES string of the molecule is O=C(NC(C(=O)Nc1nnc(C2CC2)s1)c1ccccc1)c1ccccc1. The van der Waals surface area contributed by atoms with Crippen molar-refractivity contribution in [3.05, 3.63) is 76.8 Å². The molecule has 0 bridgehead atoms. The first-order valence-electron chi connectivity index (χ1n) is 8.76. The molecular weight excluding hydrogens is 360 g/mol. The number of hydrogen-bond acceptors (Lipinski definition) is 5. The van der Waals surface area contributed by atoms with Crippen LogP contribution >= 0.6 is 11.3 Å². The molecule has 2 aromatic carbocycles. The molecule has 1 aliphatic rings. The number of amides is 2. The van der Waals surface area contributed by atoms with E-state index in [2.05, 4.69) is 20.8 Å². The average molecular weight is 378 g/mol. The molecule has 7 heteroatoms. The van der Waals surface area contributed by atoms with Crippen LogP contribution < -0.4 is 10.6 Å². The Balaban J connectivity index is 1.53. The van der Waals surface area contributed by atoms with Crippen LogP contribution in [-0.4, -0.2) is 22.0 Å². The fourth-order valence-electron chi connectivity index (χ4n) is 2.71. The van der Waals surface area contributed by atoms with E-state index in [9.17, 15) is 9.59 Å². The molecule has 2 amide bonds. The van der Waals surface area contributed by atoms with Gasteiger partial charge in [0.1, 0.15) is 11.0 Å². The van der Waals surface area contributed by atoms with E-state index in [1.165, 1.54) is 11.3 Å². The van der Waals surface area contributed by atoms with Gasteiger partial charge in [-0.3, -0.25) is 14.9 Å². The lowest BCUT2D eigenvalue weighted by Crippen LogP contribution is -2.37. The molecule has 3 aromatic rings. The van der Waals surface area contributed by atoms with Gasteiger partial charge in [-0.25, -0.2) is 0 Å². The van der Waals surface area contributed by atoms with Crippen LogP contribution in [-0.2, 0) is 4.79 Å². The second kappa shape index (κ2) is 7.67. The monoisotopic (exact) mass is 378 g/mol. The third-order valence-electron chi connectivity index (χ3n) is 4.30. The highest BCUT2D eigenvalue weighted by atomic mass is 32.1. The number of rotatable bonds is 6. The number of benzene rings is 2. The molecular formula is C20H18N4O2S. The van der Waals surface area contributed by atoms with Gasteiger partial charge >= 0.3 is 0 Å². The highest BCUT2D eigenvalue weighted by molar-refractivity contribution is 7.15. The van der Waals surface area contributed by atoms with Crippen LogP contribution in [0.15, 0.2) is 60.7 Å². The summed E-state index contributed by atoms with van der Waals surface area (Å²) < 4.78 is 0. The van der Waals surface area contributed by atoms with Crippen molar-refractivity contribution in [3.8, 4) is 0 Å². The quantitative estimate of drug-likeness (QED) is 0.687. The zero-order chi connectivity index (χ0) is 18.6. The number of nitrogens with zero attached hydrogens (tertiary/aromatic N) is 2. The fourth-order valence-corrected chi connectivity index (χ4v) is 3.62. The summed E-state index contributed by atoms with van der Waals surface area (Å²) in [5.74, 6) is -0.171. The van der Waals surface area contributed by atoms with Crippen LogP contribution in [0.4, 0.5) is 5.13 Å². The number of hydrogen-bond donors (Lipinski definition) is 2. The molecule has 1 unspecified atom stereocenters. The summed E-state index contributed by atoms with van der Waals surface area (Å²) in [6.45, 7) is 0. The van der Waals surface area contributed by atoms with E-state index in [0.717, 1.165) is 17.8 Å². The molecule has 136 valence electrons. The number of anilines is 1. The molecule has 4 rings (SSSR count). The lowest BCUT2D eigenvalue weighted by atomic mass is 10.1. The van der Waals surface area contributed by atoms with E-state index in [4.69, 9.17) is 0 Å². The predicted molar refractivity (Wildman–Crippen MR) is 104 cm³/mol. The number of carbonyl (C=O) groups excluding carboxylic acids is 2. The second-order valence-corrected chi connectivity index (χ2v) is 7.40. The molecule has 0 aliphatic heterocycles. The molecule has 1 aromatic heterocycles. The summed E-state index contributed by atoms with van der Waals surface area (Å²) in [5, 5.41) is 15.2. The van der Waals surface area contributed by atoms with Gasteiger partial charge in [0.2, 0.25) is 5.13 Å². The Kier molecular flexibility index (Phi) is 4.93. The van der Waals surface area contributed by atoms with Crippen molar-refractivity contribution in [3.63, 3.8) is 0 Å². The first-order valence-corrected chi connectivity index (χ1v) is 9.57. The van der Waals surface area contributed by atoms with Crippen LogP contribution in [0.1, 0.15) is 45.7 Å². The highest BCUT2D eigenvalue weighted by Gasteiger charge is 2.29. The van der Waals surface area contributed by atoms with Crippen LogP contribution in [0, 0.1) is 0 Å². The normalized spacial score (nSPS) is 14.4. The van der Waals surface area contributed by atoms with Crippen molar-refractivity contribution in [1.82, 2.24) is 15.5 Å². The summed E-state index contributed by atoms with van der Waals surface area (Å²) in [6, 6.07) is 17.2. The van der Waals surface area contributed by atoms with Crippen LogP contribution in [0.5, 0.6) is 0 Å². The molecule has 1 atom stereocenters. The van der Waals surface area contributed by atoms with Gasteiger partial charge in [-0.05, 0) is 30.5 Å². The summed E-state index contributed by atoms with van der Waals surface area (Å²) in [7, 11) is 0. The zero-order valence-corrected chi connectivity index (χ0v) is 15.3. The van der Waals surface area contributed by atoms with Crippen molar-refractivity contribution in [2.24, 2.45) is 0 Å². The Hall–Kier alpha value is -3.06. The standard InChI is InChI=1S/C20H18N4O2S/c25-17(14-9-5-2-6-10-14)21-16(13-7-3-1-4-8-13)18(26)22-20-24-23-19(27-20)15-11-12-15/h1-10,15-16H,11-12H2,(H,21,25)(H,22,24,26). The maximum Gasteiger partial charge on any atom is 0.253 e. The lowest BCUT2D eigenvalue weighted by Gasteiger charge is -2.18. The van der Waals surface area contributed by atoms with Crippen molar-refractivity contribution in [2.45, 2.75) is 24.8 Å². The summed E-state index contributed by atoms with van der Waals surface area (Å²) >= 11 is 1.39. The molecule has 0 saturated heterocycles. The molecule has 0 spiro atoms. The first-order chi connectivity index (χ1) is 13.2. The molecule has 1 heterocycles. The van der Waals surface area contributed by atoms with E-state index in [1.54, 1.807) is 24.3 Å². The van der Waals surface area contributed by atoms with E-state index in [1.807, 2.05) is 36.4 Å². The maximum atomic E-state index is 12.9. The second-order valence-electron chi connectivity index (χ2n) is 6.39. The summed E-state index contributed by atoms with van der Waals surface area (Å²) in [4.78, 5) is 25.5. The maximum absolute atomic E-state index is 12.9. The van der Waals surface area contributed by atoms with Gasteiger partial charge in [0, 0.05) is 11.5 Å². The van der Waals surface area contributed by atoms with Crippen LogP contribution in [0.2, 0.25) is 0 Å². The summed E-state index contributed by atoms with van der Waals surface area (Å²) in [6.07, 6.45) is 2.25. The third-order valence-corrected chi connectivity index (χ3v) is 5.31. The minimum absolute atomic E-state index is 0.310. The van der Waals surface area contributed by atoms with Gasteiger partial charge < -0.3 is 5.32 Å². The molecule has 2 N–H and O–H groups in total. The molecule has 1 saturated carbocycles. The number of aromatic nitrogens is 2. The topological polar surface area (TPSA) is 84.0 Å². The lowest BCUT2D eigenvalue weighted by molar-refractivity contribution is -0.118. The van der Waals surface area contributed by atoms with Crippen molar-refractivity contribution < 1.29 is 9.59 Å². The smallest absolute Gasteiger partial charge is 0.253 e. The largest absolute Gasteiger partial charge is 0.336 e. The molecule has 0 radical (unpaired) electrons. The van der Waals surface area contributed by atoms with Crippen molar-refractivity contribution in [1.29, 1.82) is 0 Å². The van der Waals surface area contributed by atoms with E-state index >= 15 is 0 Å². The van der Waals surface area contributed by atoms with E-state index < -0.39 is 6.04 Å². The highest BCUT2D eigenvalue weighted by Crippen LogP contribution is 2.42. The first kappa shape index (κ1) is 17.4. The van der Waals surface area contributed by atoms with Gasteiger partial charge in [0.05, 0.1) is 0 Å². The Morgan fingerprint density at radius 2 is 1.63 bits per heavy atom. The summed E-state index contributed by atoms with van der Waals surface area (Å²) in [5.41, 5.74) is 1.20. The van der Waals surface area contributed by atoms with Crippen LogP contribution in [0.3, 0.4) is 0 Å². The van der Waals surface area contributed by atoms with Gasteiger partial charge in [-0.1, -0.05) is 59.9 Å². The Morgan fingerprint density at radius 3 is 2.30 bits per heavy atom. The molecule has 6 nitrogen and oxygen atoms in total. The van der Waals surface area contributed by atoms with Crippen molar-refractivity contribution >= 4 is 28.3 Å². The molecule has 1 fully saturated rings. The fraction of sp³-hybridized carbons (Fsp3) is 0.200. The van der Waals surface area contributed by atoms with Crippen molar-refractivity contribution in [2.75, 3.05) is 5.32 Å². The van der Waals surface area contributed by atoms with E-state index in [0.29, 0.717) is 22.2 Å². The van der Waals surface area contributed by atoms with Crippen LogP contribution in [0.25, 0.3) is 0 Å².